The van der Waals surface area contributed by atoms with Crippen LogP contribution in [0.5, 0.6) is 5.75 Å². The molecule has 25 heavy (non-hydrogen) atoms. The average Bonchev–Trinajstić information content (AvgIpc) is 2.61. The van der Waals surface area contributed by atoms with Gasteiger partial charge < -0.3 is 14.8 Å². The summed E-state index contributed by atoms with van der Waals surface area (Å²) in [7, 11) is 1.34. The van der Waals surface area contributed by atoms with Crippen molar-refractivity contribution in [1.29, 1.82) is 0 Å². The van der Waals surface area contributed by atoms with Crippen molar-refractivity contribution in [3.8, 4) is 5.75 Å². The second-order valence-electron chi connectivity index (χ2n) is 6.40. The number of fused-ring (bicyclic) bond motifs is 4. The van der Waals surface area contributed by atoms with Crippen LogP contribution in [-0.2, 0) is 4.74 Å². The summed E-state index contributed by atoms with van der Waals surface area (Å²) in [5, 5.41) is 3.02. The highest BCUT2D eigenvalue weighted by atomic mass is 16.5. The number of nitrogens with zero attached hydrogens (tertiary/aromatic N) is 1. The van der Waals surface area contributed by atoms with Gasteiger partial charge in [-0.25, -0.2) is 9.59 Å². The van der Waals surface area contributed by atoms with E-state index in [1.165, 1.54) is 7.11 Å². The van der Waals surface area contributed by atoms with Crippen LogP contribution in [0.4, 0.5) is 10.5 Å². The van der Waals surface area contributed by atoms with Crippen molar-refractivity contribution in [3.63, 3.8) is 0 Å². The van der Waals surface area contributed by atoms with E-state index in [9.17, 15) is 9.59 Å². The molecule has 2 atom stereocenters. The smallest absolute Gasteiger partial charge is 0.337 e. The zero-order valence-electron chi connectivity index (χ0n) is 14.0. The third kappa shape index (κ3) is 2.41. The molecule has 6 nitrogen and oxygen atoms in total. The lowest BCUT2D eigenvalue weighted by atomic mass is 9.89. The number of rotatable bonds is 2. The molecule has 6 heteroatoms. The summed E-state index contributed by atoms with van der Waals surface area (Å²) in [5.41, 5.74) is 1.21. The molecule has 128 valence electrons. The minimum atomic E-state index is -0.797. The van der Waals surface area contributed by atoms with E-state index >= 15 is 0 Å². The van der Waals surface area contributed by atoms with Gasteiger partial charge in [0.1, 0.15) is 5.75 Å². The third-order valence-electron chi connectivity index (χ3n) is 4.71. The minimum Gasteiger partial charge on any atom is -0.467 e. The summed E-state index contributed by atoms with van der Waals surface area (Å²) in [4.78, 5) is 26.2. The van der Waals surface area contributed by atoms with E-state index in [4.69, 9.17) is 9.47 Å². The van der Waals surface area contributed by atoms with E-state index < -0.39 is 11.7 Å². The highest BCUT2D eigenvalue weighted by Gasteiger charge is 2.49. The Labute approximate surface area is 145 Å². The summed E-state index contributed by atoms with van der Waals surface area (Å²) in [6.45, 7) is 1.91. The fraction of sp³-hybridized carbons (Fsp3) is 0.263. The summed E-state index contributed by atoms with van der Waals surface area (Å²) in [5.74, 6) is 0.247. The van der Waals surface area contributed by atoms with Crippen LogP contribution in [0.3, 0.4) is 0 Å². The number of nitrogens with one attached hydrogen (secondary N) is 1. The first-order valence-corrected chi connectivity index (χ1v) is 8.09. The Morgan fingerprint density at radius 1 is 1.28 bits per heavy atom. The van der Waals surface area contributed by atoms with Crippen LogP contribution in [0.15, 0.2) is 48.5 Å². The zero-order valence-corrected chi connectivity index (χ0v) is 14.0. The van der Waals surface area contributed by atoms with Crippen LogP contribution in [0.25, 0.3) is 0 Å². The first-order chi connectivity index (χ1) is 12.0. The summed E-state index contributed by atoms with van der Waals surface area (Å²) in [6.07, 6.45) is 0.575. The van der Waals surface area contributed by atoms with Gasteiger partial charge in [0.15, 0.2) is 5.72 Å². The lowest BCUT2D eigenvalue weighted by Crippen LogP contribution is -2.65. The van der Waals surface area contributed by atoms with Gasteiger partial charge in [-0.05, 0) is 37.3 Å². The molecule has 0 radical (unpaired) electrons. The maximum absolute atomic E-state index is 12.7. The van der Waals surface area contributed by atoms with Crippen molar-refractivity contribution in [2.24, 2.45) is 0 Å². The number of para-hydroxylation sites is 1. The van der Waals surface area contributed by atoms with E-state index in [1.54, 1.807) is 23.1 Å². The van der Waals surface area contributed by atoms with Gasteiger partial charge in [-0.1, -0.05) is 18.2 Å². The van der Waals surface area contributed by atoms with E-state index in [1.807, 2.05) is 37.3 Å². The molecule has 0 saturated carbocycles. The molecule has 0 aromatic heterocycles. The van der Waals surface area contributed by atoms with Gasteiger partial charge in [-0.2, -0.15) is 0 Å². The Morgan fingerprint density at radius 3 is 2.76 bits per heavy atom. The van der Waals surface area contributed by atoms with Gasteiger partial charge in [-0.15, -0.1) is 0 Å². The molecule has 4 rings (SSSR count). The number of amides is 2. The number of esters is 1. The molecule has 0 aliphatic carbocycles. The van der Waals surface area contributed by atoms with E-state index in [2.05, 4.69) is 5.32 Å². The van der Waals surface area contributed by atoms with Crippen molar-refractivity contribution < 1.29 is 19.1 Å². The quantitative estimate of drug-likeness (QED) is 0.854. The van der Waals surface area contributed by atoms with Crippen LogP contribution >= 0.6 is 0 Å². The van der Waals surface area contributed by atoms with E-state index in [-0.39, 0.29) is 12.1 Å². The molecule has 2 aromatic carbocycles. The molecule has 2 aliphatic heterocycles. The zero-order chi connectivity index (χ0) is 17.6. The average molecular weight is 338 g/mol. The molecule has 1 fully saturated rings. The number of hydrogen-bond acceptors (Lipinski definition) is 4. The van der Waals surface area contributed by atoms with Crippen molar-refractivity contribution in [2.75, 3.05) is 12.0 Å². The normalized spacial score (nSPS) is 24.0. The fourth-order valence-electron chi connectivity index (χ4n) is 3.59. The predicted molar refractivity (Wildman–Crippen MR) is 91.6 cm³/mol. The van der Waals surface area contributed by atoms with E-state index in [0.717, 1.165) is 11.3 Å². The Morgan fingerprint density at radius 2 is 2.04 bits per heavy atom. The van der Waals surface area contributed by atoms with Crippen LogP contribution < -0.4 is 15.0 Å². The first-order valence-electron chi connectivity index (χ1n) is 8.09. The van der Waals surface area contributed by atoms with Crippen molar-refractivity contribution in [3.05, 3.63) is 59.7 Å². The first kappa shape index (κ1) is 15.5. The van der Waals surface area contributed by atoms with Crippen LogP contribution in [0, 0.1) is 0 Å². The topological polar surface area (TPSA) is 67.9 Å². The summed E-state index contributed by atoms with van der Waals surface area (Å²) in [6, 6.07) is 14.1. The number of carbonyl (C=O) groups is 2. The Bertz CT molecular complexity index is 852. The Hall–Kier alpha value is -3.02. The minimum absolute atomic E-state index is 0.217. The molecule has 2 bridgehead atoms. The number of ether oxygens (including phenoxy) is 2. The molecule has 2 aromatic rings. The van der Waals surface area contributed by atoms with Crippen molar-refractivity contribution in [2.45, 2.75) is 25.1 Å². The second kappa shape index (κ2) is 5.51. The number of urea groups is 1. The lowest BCUT2D eigenvalue weighted by Gasteiger charge is -2.50. The molecular formula is C19H18N2O4. The van der Waals surface area contributed by atoms with Crippen molar-refractivity contribution >= 4 is 17.7 Å². The van der Waals surface area contributed by atoms with Gasteiger partial charge in [0, 0.05) is 17.7 Å². The molecule has 1 N–H and O–H groups in total. The molecule has 2 unspecified atom stereocenters. The van der Waals surface area contributed by atoms with E-state index in [0.29, 0.717) is 17.7 Å². The molecule has 1 saturated heterocycles. The van der Waals surface area contributed by atoms with Crippen LogP contribution in [0.2, 0.25) is 0 Å². The van der Waals surface area contributed by atoms with Gasteiger partial charge in [0.05, 0.1) is 18.7 Å². The number of carbonyl (C=O) groups excluding carboxylic acids is 2. The standard InChI is InChI=1S/C19H18N2O4/c1-19-11-15(20-18(23)21(19)13-6-4-3-5-7-13)14-10-12(17(22)24-2)8-9-16(14)25-19/h3-10,15H,11H2,1-2H3,(H,20,23). The van der Waals surface area contributed by atoms with Gasteiger partial charge in [0.25, 0.3) is 0 Å². The van der Waals surface area contributed by atoms with Gasteiger partial charge >= 0.3 is 12.0 Å². The highest BCUT2D eigenvalue weighted by Crippen LogP contribution is 2.45. The number of anilines is 1. The molecular weight excluding hydrogens is 320 g/mol. The number of methoxy groups -OCH3 is 1. The van der Waals surface area contributed by atoms with Gasteiger partial charge in [0.2, 0.25) is 0 Å². The Kier molecular flexibility index (Phi) is 3.42. The fourth-order valence-corrected chi connectivity index (χ4v) is 3.59. The summed E-state index contributed by atoms with van der Waals surface area (Å²) < 4.78 is 11.0. The molecule has 2 heterocycles. The maximum Gasteiger partial charge on any atom is 0.337 e. The Balaban J connectivity index is 1.76. The van der Waals surface area contributed by atoms with Crippen LogP contribution in [0.1, 0.15) is 35.3 Å². The molecule has 0 spiro atoms. The highest BCUT2D eigenvalue weighted by molar-refractivity contribution is 5.95. The predicted octanol–water partition coefficient (Wildman–Crippen LogP) is 3.24. The molecule has 2 aliphatic rings. The lowest BCUT2D eigenvalue weighted by molar-refractivity contribution is 0.0377. The SMILES string of the molecule is COC(=O)c1ccc2c(c1)C1CC(C)(O2)N(c2ccccc2)C(=O)N1. The third-order valence-corrected chi connectivity index (χ3v) is 4.71. The van der Waals surface area contributed by atoms with Gasteiger partial charge in [-0.3, -0.25) is 4.90 Å². The van der Waals surface area contributed by atoms with Crippen molar-refractivity contribution in [1.82, 2.24) is 5.32 Å². The molecule has 2 amide bonds. The maximum atomic E-state index is 12.7. The number of benzene rings is 2. The monoisotopic (exact) mass is 338 g/mol. The largest absolute Gasteiger partial charge is 0.467 e. The van der Waals surface area contributed by atoms with Crippen LogP contribution in [-0.4, -0.2) is 24.8 Å². The summed E-state index contributed by atoms with van der Waals surface area (Å²) >= 11 is 0. The second-order valence-corrected chi connectivity index (χ2v) is 6.40. The number of hydrogen-bond donors (Lipinski definition) is 1.